The van der Waals surface area contributed by atoms with E-state index in [2.05, 4.69) is 273 Å². The molecule has 0 saturated carbocycles. The van der Waals surface area contributed by atoms with Crippen molar-refractivity contribution >= 4 is 142 Å². The van der Waals surface area contributed by atoms with Gasteiger partial charge in [-0.05, 0) is 70.1 Å². The third-order valence-electron chi connectivity index (χ3n) is 16.8. The van der Waals surface area contributed by atoms with Crippen molar-refractivity contribution in [1.29, 1.82) is 0 Å². The number of fused-ring (bicyclic) bond motifs is 20. The summed E-state index contributed by atoms with van der Waals surface area (Å²) in [5.41, 5.74) is 12.0. The molecule has 0 saturated heterocycles. The zero-order chi connectivity index (χ0) is 52.9. The number of hydrogen-bond acceptors (Lipinski definition) is 3. The Morgan fingerprint density at radius 1 is 0.256 bits per heavy atom. The van der Waals surface area contributed by atoms with Gasteiger partial charge in [0.15, 0.2) is 0 Å². The number of rotatable bonds is 4. The van der Waals surface area contributed by atoms with Crippen molar-refractivity contribution in [2.24, 2.45) is 0 Å². The normalized spacial score (nSPS) is 12.0. The van der Waals surface area contributed by atoms with Crippen LogP contribution >= 0.6 is 0 Å². The van der Waals surface area contributed by atoms with Crippen LogP contribution in [-0.4, -0.2) is 27.9 Å². The average Bonchev–Trinajstić information content (AvgIpc) is 3.09. The first-order chi connectivity index (χ1) is 40.2. The molecule has 7 nitrogen and oxygen atoms in total. The molecule has 0 aliphatic carbocycles. The van der Waals surface area contributed by atoms with Crippen molar-refractivity contribution in [2.75, 3.05) is 0 Å². The molecular weight excluding hydrogens is 1180 g/mol. The number of ether oxygens (including phenoxy) is 1. The molecule has 18 aromatic rings. The van der Waals surface area contributed by atoms with Crippen LogP contribution in [0.25, 0.3) is 153 Å². The van der Waals surface area contributed by atoms with E-state index in [-0.39, 0.29) is 21.1 Å². The topological polar surface area (TPSA) is 53.7 Å². The van der Waals surface area contributed by atoms with Gasteiger partial charge in [0.05, 0.1) is 44.1 Å². The van der Waals surface area contributed by atoms with Crippen molar-refractivity contribution < 1.29 is 25.8 Å². The second kappa shape index (κ2) is 17.8. The molecule has 0 N–H and O–H groups in total. The van der Waals surface area contributed by atoms with E-state index in [1.807, 2.05) is 12.1 Å². The van der Waals surface area contributed by atoms with Crippen LogP contribution < -0.4 is 4.74 Å². The van der Waals surface area contributed by atoms with E-state index in [1.54, 1.807) is 0 Å². The van der Waals surface area contributed by atoms with E-state index < -0.39 is 0 Å². The first kappa shape index (κ1) is 46.6. The Kier molecular flexibility index (Phi) is 10.1. The van der Waals surface area contributed by atoms with Crippen LogP contribution in [-0.2, 0) is 21.1 Å². The number of nitrogens with zero attached hydrogens (tertiary/aromatic N) is 6. The third-order valence-corrected chi connectivity index (χ3v) is 16.8. The molecule has 0 atom stereocenters. The molecule has 82 heavy (non-hydrogen) atoms. The molecule has 6 heterocycles. The van der Waals surface area contributed by atoms with E-state index >= 15 is 0 Å². The minimum Gasteiger partial charge on any atom is -0.509 e. The summed E-state index contributed by atoms with van der Waals surface area (Å²) in [5.74, 6) is 2.68. The van der Waals surface area contributed by atoms with Crippen LogP contribution in [0.15, 0.2) is 255 Å². The van der Waals surface area contributed by atoms with Crippen LogP contribution in [0, 0.1) is 12.1 Å². The fourth-order valence-electron chi connectivity index (χ4n) is 13.4. The summed E-state index contributed by atoms with van der Waals surface area (Å²) in [6, 6.07) is 98.3. The summed E-state index contributed by atoms with van der Waals surface area (Å²) in [6.45, 7) is 0. The Labute approximate surface area is 482 Å². The molecule has 0 aliphatic heterocycles. The van der Waals surface area contributed by atoms with Gasteiger partial charge in [0.1, 0.15) is 11.6 Å². The van der Waals surface area contributed by atoms with E-state index in [4.69, 9.17) is 14.7 Å². The molecule has 6 aromatic heterocycles. The van der Waals surface area contributed by atoms with Gasteiger partial charge in [-0.3, -0.25) is 0 Å². The Bertz CT molecular complexity index is 5490. The molecule has 0 spiro atoms. The number of benzene rings is 12. The molecule has 384 valence electrons. The Hall–Kier alpha value is -10.3. The minimum atomic E-state index is 0. The SMILES string of the molecule is [Pt+2].[c-]1c(Oc2[c-]c3c(cc2)c2ccccc2n3-c2nc3ccccc3n3c4ccccc4c4cccc(c5ccccc25)c43)ccc2c3ccccc3n(-c3nc4ccccc4n4c5ccccc5c5cccc(c6ccccc36)c54)c12. The first-order valence-electron chi connectivity index (χ1n) is 27.4. The monoisotopic (exact) mass is 1230 g/mol. The number of hydrogen-bond donors (Lipinski definition) is 0. The molecule has 0 amide bonds. The molecule has 8 heteroatoms. The van der Waals surface area contributed by atoms with E-state index in [0.717, 1.165) is 132 Å². The van der Waals surface area contributed by atoms with Crippen LogP contribution in [0.1, 0.15) is 0 Å². The second-order valence-corrected chi connectivity index (χ2v) is 21.0. The summed E-state index contributed by atoms with van der Waals surface area (Å²) in [4.78, 5) is 11.6. The summed E-state index contributed by atoms with van der Waals surface area (Å²) in [6.07, 6.45) is 0. The molecular formula is C74H42N6OPt. The van der Waals surface area contributed by atoms with Crippen molar-refractivity contribution in [3.8, 4) is 23.1 Å². The van der Waals surface area contributed by atoms with Gasteiger partial charge < -0.3 is 22.7 Å². The maximum Gasteiger partial charge on any atom is 2.00 e. The Balaban J connectivity index is 0.00000534. The van der Waals surface area contributed by atoms with Gasteiger partial charge in [0.25, 0.3) is 0 Å². The number of para-hydroxylation sites is 10. The van der Waals surface area contributed by atoms with Gasteiger partial charge in [-0.15, -0.1) is 35.0 Å². The molecule has 0 unspecified atom stereocenters. The largest absolute Gasteiger partial charge is 2.00 e. The van der Waals surface area contributed by atoms with Crippen molar-refractivity contribution in [3.05, 3.63) is 267 Å². The summed E-state index contributed by atoms with van der Waals surface area (Å²) < 4.78 is 16.4. The van der Waals surface area contributed by atoms with Crippen LogP contribution in [0.5, 0.6) is 11.5 Å². The molecule has 18 rings (SSSR count). The van der Waals surface area contributed by atoms with Gasteiger partial charge in [0.2, 0.25) is 0 Å². The summed E-state index contributed by atoms with van der Waals surface area (Å²) in [5, 5.41) is 15.5. The van der Waals surface area contributed by atoms with Gasteiger partial charge >= 0.3 is 21.1 Å². The standard InChI is InChI=1S/C74H42N6O.Pt/c1-3-25-59-47(19-1)55-27-17-29-57-51-23-7-11-33-63(51)77(71(55)57)67-37-15-9-31-61(67)75-73(59)79-65-35-13-5-21-49(65)53-41-39-45(43-69(53)79)81-46-40-42-54-50-22-6-14-36-66(50)80(70(54)44-46)74-60-26-4-2-20-48(60)56-28-18-30-58-52-24-8-12-34-64(52)78(72(56)58)68-38-16-10-32-62(68)76-74;/h1-42H;/q-2;+2. The maximum absolute atomic E-state index is 7.05. The van der Waals surface area contributed by atoms with E-state index in [9.17, 15) is 0 Å². The zero-order valence-electron chi connectivity index (χ0n) is 43.7. The van der Waals surface area contributed by atoms with E-state index in [1.165, 1.54) is 21.5 Å². The third kappa shape index (κ3) is 6.57. The Morgan fingerprint density at radius 3 is 0.976 bits per heavy atom. The minimum absolute atomic E-state index is 0. The van der Waals surface area contributed by atoms with Gasteiger partial charge in [-0.25, -0.2) is 9.97 Å². The van der Waals surface area contributed by atoms with E-state index in [0.29, 0.717) is 11.5 Å². The predicted octanol–water partition coefficient (Wildman–Crippen LogP) is 18.9. The van der Waals surface area contributed by atoms with Crippen molar-refractivity contribution in [1.82, 2.24) is 27.9 Å². The molecule has 0 bridgehead atoms. The molecule has 0 aliphatic rings. The first-order valence-corrected chi connectivity index (χ1v) is 27.4. The predicted molar refractivity (Wildman–Crippen MR) is 334 cm³/mol. The number of aromatic nitrogens is 6. The quantitative estimate of drug-likeness (QED) is 0.165. The molecule has 0 fully saturated rings. The van der Waals surface area contributed by atoms with Gasteiger partial charge in [0, 0.05) is 65.6 Å². The zero-order valence-corrected chi connectivity index (χ0v) is 45.9. The summed E-state index contributed by atoms with van der Waals surface area (Å²) in [7, 11) is 0. The second-order valence-electron chi connectivity index (χ2n) is 21.0. The van der Waals surface area contributed by atoms with Crippen molar-refractivity contribution in [2.45, 2.75) is 0 Å². The fourth-order valence-corrected chi connectivity index (χ4v) is 13.4. The van der Waals surface area contributed by atoms with Crippen molar-refractivity contribution in [3.63, 3.8) is 0 Å². The summed E-state index contributed by atoms with van der Waals surface area (Å²) >= 11 is 0. The smallest absolute Gasteiger partial charge is 0.509 e. The average molecular weight is 1230 g/mol. The maximum atomic E-state index is 7.05. The Morgan fingerprint density at radius 2 is 0.561 bits per heavy atom. The molecule has 0 radical (unpaired) electrons. The van der Waals surface area contributed by atoms with Crippen LogP contribution in [0.4, 0.5) is 0 Å². The fraction of sp³-hybridized carbons (Fsp3) is 0. The van der Waals surface area contributed by atoms with Crippen LogP contribution in [0.3, 0.4) is 0 Å². The van der Waals surface area contributed by atoms with Crippen LogP contribution in [0.2, 0.25) is 0 Å². The van der Waals surface area contributed by atoms with Gasteiger partial charge in [-0.2, -0.15) is 12.1 Å². The van der Waals surface area contributed by atoms with Gasteiger partial charge in [-0.1, -0.05) is 193 Å². The molecule has 12 aromatic carbocycles.